The lowest BCUT2D eigenvalue weighted by Gasteiger charge is -2.05. The third kappa shape index (κ3) is 2.42. The number of benzene rings is 2. The molecule has 22 heavy (non-hydrogen) atoms. The Morgan fingerprint density at radius 2 is 1.64 bits per heavy atom. The number of hydrogen-bond donors (Lipinski definition) is 1. The van der Waals surface area contributed by atoms with Gasteiger partial charge in [-0.3, -0.25) is 0 Å². The third-order valence-corrected chi connectivity index (χ3v) is 3.47. The SMILES string of the molecule is c1ccc(Oc2ncc(-c3ccc4[nH]ccc4c3)cn2)cc1. The van der Waals surface area contributed by atoms with E-state index >= 15 is 0 Å². The van der Waals surface area contributed by atoms with E-state index in [0.717, 1.165) is 22.4 Å². The fraction of sp³-hybridized carbons (Fsp3) is 0. The molecule has 1 N–H and O–H groups in total. The molecule has 4 rings (SSSR count). The van der Waals surface area contributed by atoms with Crippen molar-refractivity contribution in [3.05, 3.63) is 73.2 Å². The van der Waals surface area contributed by atoms with Crippen molar-refractivity contribution in [1.82, 2.24) is 15.0 Å². The van der Waals surface area contributed by atoms with Crippen molar-refractivity contribution in [2.24, 2.45) is 0 Å². The molecule has 0 saturated heterocycles. The van der Waals surface area contributed by atoms with Crippen LogP contribution < -0.4 is 4.74 Å². The first kappa shape index (κ1) is 12.6. The van der Waals surface area contributed by atoms with Crippen molar-refractivity contribution in [1.29, 1.82) is 0 Å². The number of ether oxygens (including phenoxy) is 1. The molecule has 4 heteroatoms. The lowest BCUT2D eigenvalue weighted by molar-refractivity contribution is 0.442. The average Bonchev–Trinajstić information content (AvgIpc) is 3.04. The van der Waals surface area contributed by atoms with Gasteiger partial charge in [0.1, 0.15) is 5.75 Å². The van der Waals surface area contributed by atoms with Gasteiger partial charge in [-0.15, -0.1) is 0 Å². The average molecular weight is 287 g/mol. The summed E-state index contributed by atoms with van der Waals surface area (Å²) >= 11 is 0. The van der Waals surface area contributed by atoms with E-state index < -0.39 is 0 Å². The number of aromatic nitrogens is 3. The van der Waals surface area contributed by atoms with Gasteiger partial charge in [-0.25, -0.2) is 9.97 Å². The minimum Gasteiger partial charge on any atom is -0.424 e. The van der Waals surface area contributed by atoms with Crippen LogP contribution >= 0.6 is 0 Å². The predicted octanol–water partition coefficient (Wildman–Crippen LogP) is 4.42. The van der Waals surface area contributed by atoms with Crippen molar-refractivity contribution >= 4 is 10.9 Å². The molecule has 0 spiro atoms. The fourth-order valence-corrected chi connectivity index (χ4v) is 2.34. The van der Waals surface area contributed by atoms with E-state index in [2.05, 4.69) is 33.2 Å². The maximum atomic E-state index is 5.60. The number of aromatic amines is 1. The van der Waals surface area contributed by atoms with Crippen LogP contribution in [0.15, 0.2) is 73.2 Å². The van der Waals surface area contributed by atoms with E-state index in [0.29, 0.717) is 6.01 Å². The van der Waals surface area contributed by atoms with Crippen molar-refractivity contribution in [2.45, 2.75) is 0 Å². The Morgan fingerprint density at radius 3 is 2.45 bits per heavy atom. The van der Waals surface area contributed by atoms with Gasteiger partial charge < -0.3 is 9.72 Å². The van der Waals surface area contributed by atoms with Crippen molar-refractivity contribution in [2.75, 3.05) is 0 Å². The molecular formula is C18H13N3O. The van der Waals surface area contributed by atoms with Crippen LogP contribution in [0.25, 0.3) is 22.0 Å². The van der Waals surface area contributed by atoms with E-state index in [1.807, 2.05) is 42.6 Å². The van der Waals surface area contributed by atoms with Gasteiger partial charge in [-0.05, 0) is 41.3 Å². The molecule has 2 heterocycles. The van der Waals surface area contributed by atoms with Crippen molar-refractivity contribution in [3.63, 3.8) is 0 Å². The van der Waals surface area contributed by atoms with Gasteiger partial charge in [0.25, 0.3) is 0 Å². The number of fused-ring (bicyclic) bond motifs is 1. The molecule has 4 nitrogen and oxygen atoms in total. The lowest BCUT2D eigenvalue weighted by Crippen LogP contribution is -1.91. The number of para-hydroxylation sites is 1. The number of hydrogen-bond acceptors (Lipinski definition) is 3. The van der Waals surface area contributed by atoms with Gasteiger partial charge in [0.15, 0.2) is 0 Å². The second kappa shape index (κ2) is 5.33. The minimum absolute atomic E-state index is 0.345. The highest BCUT2D eigenvalue weighted by atomic mass is 16.5. The fourth-order valence-electron chi connectivity index (χ4n) is 2.34. The molecule has 0 unspecified atom stereocenters. The molecule has 106 valence electrons. The Labute approximate surface area is 127 Å². The number of nitrogens with zero attached hydrogens (tertiary/aromatic N) is 2. The van der Waals surface area contributed by atoms with Crippen molar-refractivity contribution < 1.29 is 4.74 Å². The zero-order valence-corrected chi connectivity index (χ0v) is 11.7. The summed E-state index contributed by atoms with van der Waals surface area (Å²) in [6.45, 7) is 0. The first-order valence-electron chi connectivity index (χ1n) is 7.01. The molecule has 0 amide bonds. The highest BCUT2D eigenvalue weighted by Gasteiger charge is 2.04. The van der Waals surface area contributed by atoms with Crippen LogP contribution in [0, 0.1) is 0 Å². The predicted molar refractivity (Wildman–Crippen MR) is 85.8 cm³/mol. The van der Waals surface area contributed by atoms with E-state index in [9.17, 15) is 0 Å². The Bertz CT molecular complexity index is 898. The number of rotatable bonds is 3. The summed E-state index contributed by atoms with van der Waals surface area (Å²) in [7, 11) is 0. The molecule has 0 aliphatic rings. The van der Waals surface area contributed by atoms with Crippen LogP contribution in [-0.4, -0.2) is 15.0 Å². The standard InChI is InChI=1S/C18H13N3O/c1-2-4-16(5-3-1)22-18-20-11-15(12-21-18)13-6-7-17-14(10-13)8-9-19-17/h1-12,19H. The summed E-state index contributed by atoms with van der Waals surface area (Å²) in [5.41, 5.74) is 3.16. The monoisotopic (exact) mass is 287 g/mol. The second-order valence-electron chi connectivity index (χ2n) is 4.95. The molecular weight excluding hydrogens is 274 g/mol. The van der Waals surface area contributed by atoms with Crippen LogP contribution in [-0.2, 0) is 0 Å². The minimum atomic E-state index is 0.345. The highest BCUT2D eigenvalue weighted by molar-refractivity contribution is 5.84. The molecule has 0 fully saturated rings. The smallest absolute Gasteiger partial charge is 0.321 e. The van der Waals surface area contributed by atoms with Crippen LogP contribution in [0.4, 0.5) is 0 Å². The maximum Gasteiger partial charge on any atom is 0.321 e. The van der Waals surface area contributed by atoms with Gasteiger partial charge >= 0.3 is 6.01 Å². The summed E-state index contributed by atoms with van der Waals surface area (Å²) in [5.74, 6) is 0.726. The van der Waals surface area contributed by atoms with Crippen LogP contribution in [0.3, 0.4) is 0 Å². The van der Waals surface area contributed by atoms with Crippen molar-refractivity contribution in [3.8, 4) is 22.9 Å². The van der Waals surface area contributed by atoms with E-state index in [1.165, 1.54) is 5.39 Å². The maximum absolute atomic E-state index is 5.60. The van der Waals surface area contributed by atoms with Gasteiger partial charge in [0.2, 0.25) is 0 Å². The quantitative estimate of drug-likeness (QED) is 0.607. The van der Waals surface area contributed by atoms with E-state index in [4.69, 9.17) is 4.74 Å². The van der Waals surface area contributed by atoms with Gasteiger partial charge in [0, 0.05) is 29.7 Å². The molecule has 0 aliphatic carbocycles. The number of H-pyrrole nitrogens is 1. The summed E-state index contributed by atoms with van der Waals surface area (Å²) in [6.07, 6.45) is 5.49. The molecule has 0 bridgehead atoms. The normalized spacial score (nSPS) is 10.7. The first-order chi connectivity index (χ1) is 10.9. The first-order valence-corrected chi connectivity index (χ1v) is 7.01. The van der Waals surface area contributed by atoms with Gasteiger partial charge in [-0.2, -0.15) is 0 Å². The van der Waals surface area contributed by atoms with Crippen LogP contribution in [0.2, 0.25) is 0 Å². The van der Waals surface area contributed by atoms with Crippen LogP contribution in [0.1, 0.15) is 0 Å². The molecule has 2 aromatic carbocycles. The Balaban J connectivity index is 1.61. The number of nitrogens with one attached hydrogen (secondary N) is 1. The molecule has 0 saturated carbocycles. The van der Waals surface area contributed by atoms with Gasteiger partial charge in [0.05, 0.1) is 0 Å². The van der Waals surface area contributed by atoms with Crippen LogP contribution in [0.5, 0.6) is 11.8 Å². The zero-order valence-electron chi connectivity index (χ0n) is 11.7. The molecule has 0 aliphatic heterocycles. The summed E-state index contributed by atoms with van der Waals surface area (Å²) in [5, 5.41) is 1.17. The second-order valence-corrected chi connectivity index (χ2v) is 4.95. The Hall–Kier alpha value is -3.14. The van der Waals surface area contributed by atoms with Gasteiger partial charge in [-0.1, -0.05) is 24.3 Å². The largest absolute Gasteiger partial charge is 0.424 e. The summed E-state index contributed by atoms with van der Waals surface area (Å²) < 4.78 is 5.60. The Morgan fingerprint density at radius 1 is 0.818 bits per heavy atom. The topological polar surface area (TPSA) is 50.8 Å². The molecule has 0 radical (unpaired) electrons. The van der Waals surface area contributed by atoms with E-state index in [1.54, 1.807) is 12.4 Å². The molecule has 4 aromatic rings. The molecule has 0 atom stereocenters. The lowest BCUT2D eigenvalue weighted by atomic mass is 10.1. The highest BCUT2D eigenvalue weighted by Crippen LogP contribution is 2.24. The van der Waals surface area contributed by atoms with E-state index in [-0.39, 0.29) is 0 Å². The summed E-state index contributed by atoms with van der Waals surface area (Å²) in [4.78, 5) is 11.7. The Kier molecular flexibility index (Phi) is 3.05. The molecule has 2 aromatic heterocycles. The third-order valence-electron chi connectivity index (χ3n) is 3.47. The zero-order chi connectivity index (χ0) is 14.8. The summed E-state index contributed by atoms with van der Waals surface area (Å²) in [6, 6.07) is 18.1.